The standard InChI is InChI=1S/C19H27N5O2S/c1-14-4-3-5-16(12-14)18-21-22-19(27)24(18)7-6-17(25)20-13-15(2)23-8-10-26-11-9-23/h3-5,12,15H,6-11,13H2,1-2H3,(H,20,25)(H,22,27). The molecule has 0 bridgehead atoms. The monoisotopic (exact) mass is 389 g/mol. The lowest BCUT2D eigenvalue weighted by molar-refractivity contribution is -0.121. The molecule has 1 aromatic carbocycles. The van der Waals surface area contributed by atoms with Gasteiger partial charge in [0.05, 0.1) is 13.2 Å². The van der Waals surface area contributed by atoms with Crippen molar-refractivity contribution in [2.75, 3.05) is 32.8 Å². The number of hydrogen-bond acceptors (Lipinski definition) is 5. The number of aromatic amines is 1. The average Bonchev–Trinajstić information content (AvgIpc) is 3.05. The molecule has 3 rings (SSSR count). The number of aryl methyl sites for hydroxylation is 1. The van der Waals surface area contributed by atoms with Crippen LogP contribution in [0.5, 0.6) is 0 Å². The fourth-order valence-electron chi connectivity index (χ4n) is 3.24. The minimum atomic E-state index is 0.0217. The van der Waals surface area contributed by atoms with E-state index < -0.39 is 0 Å². The largest absolute Gasteiger partial charge is 0.379 e. The van der Waals surface area contributed by atoms with E-state index in [1.165, 1.54) is 0 Å². The predicted octanol–water partition coefficient (Wildman–Crippen LogP) is 2.14. The Hall–Kier alpha value is -2.03. The van der Waals surface area contributed by atoms with Crippen LogP contribution in [-0.4, -0.2) is 64.5 Å². The van der Waals surface area contributed by atoms with Gasteiger partial charge in [0.15, 0.2) is 10.6 Å². The van der Waals surface area contributed by atoms with Gasteiger partial charge in [0.2, 0.25) is 5.91 Å². The van der Waals surface area contributed by atoms with Gasteiger partial charge in [-0.05, 0) is 32.1 Å². The number of carbonyl (C=O) groups excluding carboxylic acids is 1. The molecule has 1 amide bonds. The highest BCUT2D eigenvalue weighted by Crippen LogP contribution is 2.18. The Kier molecular flexibility index (Phi) is 6.76. The van der Waals surface area contributed by atoms with Gasteiger partial charge in [-0.1, -0.05) is 23.8 Å². The smallest absolute Gasteiger partial charge is 0.221 e. The van der Waals surface area contributed by atoms with Crippen LogP contribution >= 0.6 is 12.2 Å². The lowest BCUT2D eigenvalue weighted by Gasteiger charge is -2.32. The van der Waals surface area contributed by atoms with Gasteiger partial charge < -0.3 is 10.1 Å². The number of benzene rings is 1. The lowest BCUT2D eigenvalue weighted by atomic mass is 10.1. The highest BCUT2D eigenvalue weighted by molar-refractivity contribution is 7.71. The van der Waals surface area contributed by atoms with E-state index in [-0.39, 0.29) is 5.91 Å². The lowest BCUT2D eigenvalue weighted by Crippen LogP contribution is -2.47. The van der Waals surface area contributed by atoms with Crippen LogP contribution in [0.15, 0.2) is 24.3 Å². The Morgan fingerprint density at radius 2 is 2.19 bits per heavy atom. The number of hydrogen-bond donors (Lipinski definition) is 2. The van der Waals surface area contributed by atoms with Crippen LogP contribution in [0.25, 0.3) is 11.4 Å². The van der Waals surface area contributed by atoms with Crippen molar-refractivity contribution >= 4 is 18.1 Å². The average molecular weight is 390 g/mol. The van der Waals surface area contributed by atoms with Crippen molar-refractivity contribution in [3.8, 4) is 11.4 Å². The van der Waals surface area contributed by atoms with E-state index in [0.29, 0.717) is 30.3 Å². The molecule has 0 spiro atoms. The molecule has 1 unspecified atom stereocenters. The third kappa shape index (κ3) is 5.24. The zero-order valence-electron chi connectivity index (χ0n) is 15.9. The summed E-state index contributed by atoms with van der Waals surface area (Å²) in [6, 6.07) is 8.39. The molecule has 2 aromatic rings. The van der Waals surface area contributed by atoms with Crippen LogP contribution in [-0.2, 0) is 16.1 Å². The van der Waals surface area contributed by atoms with Gasteiger partial charge in [0.1, 0.15) is 0 Å². The van der Waals surface area contributed by atoms with Crippen molar-refractivity contribution in [2.45, 2.75) is 32.9 Å². The fourth-order valence-corrected chi connectivity index (χ4v) is 3.46. The summed E-state index contributed by atoms with van der Waals surface area (Å²) in [7, 11) is 0. The minimum absolute atomic E-state index is 0.0217. The molecule has 0 aliphatic carbocycles. The second-order valence-electron chi connectivity index (χ2n) is 6.92. The van der Waals surface area contributed by atoms with Crippen molar-refractivity contribution in [3.05, 3.63) is 34.6 Å². The van der Waals surface area contributed by atoms with E-state index >= 15 is 0 Å². The molecule has 1 aliphatic rings. The van der Waals surface area contributed by atoms with E-state index in [1.54, 1.807) is 0 Å². The first-order chi connectivity index (χ1) is 13.0. The van der Waals surface area contributed by atoms with E-state index in [2.05, 4.69) is 33.4 Å². The van der Waals surface area contributed by atoms with E-state index in [0.717, 1.165) is 43.3 Å². The van der Waals surface area contributed by atoms with Gasteiger partial charge >= 0.3 is 0 Å². The van der Waals surface area contributed by atoms with Crippen LogP contribution in [0.2, 0.25) is 0 Å². The van der Waals surface area contributed by atoms with Crippen molar-refractivity contribution < 1.29 is 9.53 Å². The molecule has 7 nitrogen and oxygen atoms in total. The van der Waals surface area contributed by atoms with Gasteiger partial charge in [-0.25, -0.2) is 0 Å². The third-order valence-corrected chi connectivity index (χ3v) is 5.17. The number of rotatable bonds is 7. The summed E-state index contributed by atoms with van der Waals surface area (Å²) in [4.78, 5) is 14.6. The number of amides is 1. The molecule has 0 radical (unpaired) electrons. The molecule has 146 valence electrons. The number of ether oxygens (including phenoxy) is 1. The fraction of sp³-hybridized carbons (Fsp3) is 0.526. The summed E-state index contributed by atoms with van der Waals surface area (Å²) in [5.41, 5.74) is 2.14. The highest BCUT2D eigenvalue weighted by Gasteiger charge is 2.17. The summed E-state index contributed by atoms with van der Waals surface area (Å²) in [5, 5.41) is 10.2. The zero-order valence-corrected chi connectivity index (χ0v) is 16.7. The number of carbonyl (C=O) groups is 1. The molecule has 1 aliphatic heterocycles. The molecule has 1 aromatic heterocycles. The van der Waals surface area contributed by atoms with Crippen molar-refractivity contribution in [1.29, 1.82) is 0 Å². The number of nitrogens with one attached hydrogen (secondary N) is 2. The first kappa shape index (κ1) is 19.7. The van der Waals surface area contributed by atoms with Crippen LogP contribution in [0.1, 0.15) is 18.9 Å². The van der Waals surface area contributed by atoms with E-state index in [9.17, 15) is 4.79 Å². The normalized spacial score (nSPS) is 16.2. The van der Waals surface area contributed by atoms with Crippen LogP contribution in [0.3, 0.4) is 0 Å². The molecule has 2 N–H and O–H groups in total. The van der Waals surface area contributed by atoms with Crippen molar-refractivity contribution in [3.63, 3.8) is 0 Å². The maximum absolute atomic E-state index is 12.3. The second-order valence-corrected chi connectivity index (χ2v) is 7.31. The molecule has 27 heavy (non-hydrogen) atoms. The Morgan fingerprint density at radius 1 is 1.41 bits per heavy atom. The Morgan fingerprint density at radius 3 is 2.93 bits per heavy atom. The number of nitrogens with zero attached hydrogens (tertiary/aromatic N) is 3. The van der Waals surface area contributed by atoms with Gasteiger partial charge in [-0.3, -0.25) is 19.4 Å². The quantitative estimate of drug-likeness (QED) is 0.710. The van der Waals surface area contributed by atoms with Crippen LogP contribution in [0.4, 0.5) is 0 Å². The first-order valence-electron chi connectivity index (χ1n) is 9.35. The van der Waals surface area contributed by atoms with E-state index in [1.807, 2.05) is 29.7 Å². The van der Waals surface area contributed by atoms with Gasteiger partial charge in [0.25, 0.3) is 0 Å². The summed E-state index contributed by atoms with van der Waals surface area (Å²) in [6.07, 6.45) is 0.364. The van der Waals surface area contributed by atoms with Crippen LogP contribution in [0, 0.1) is 11.7 Å². The minimum Gasteiger partial charge on any atom is -0.379 e. The summed E-state index contributed by atoms with van der Waals surface area (Å²) >= 11 is 5.34. The summed E-state index contributed by atoms with van der Waals surface area (Å²) in [6.45, 7) is 8.67. The SMILES string of the molecule is Cc1cccc(-c2n[nH]c(=S)n2CCC(=O)NCC(C)N2CCOCC2)c1. The molecule has 8 heteroatoms. The van der Waals surface area contributed by atoms with Gasteiger partial charge in [0, 0.05) is 44.2 Å². The van der Waals surface area contributed by atoms with Gasteiger partial charge in [-0.2, -0.15) is 5.10 Å². The number of H-pyrrole nitrogens is 1. The van der Waals surface area contributed by atoms with Gasteiger partial charge in [-0.15, -0.1) is 0 Å². The van der Waals surface area contributed by atoms with Crippen LogP contribution < -0.4 is 5.32 Å². The second kappa shape index (κ2) is 9.25. The molecule has 1 fully saturated rings. The Bertz CT molecular complexity index is 826. The first-order valence-corrected chi connectivity index (χ1v) is 9.76. The summed E-state index contributed by atoms with van der Waals surface area (Å²) in [5.74, 6) is 0.784. The predicted molar refractivity (Wildman–Crippen MR) is 107 cm³/mol. The van der Waals surface area contributed by atoms with Crippen molar-refractivity contribution in [1.82, 2.24) is 25.0 Å². The number of morpholine rings is 1. The highest BCUT2D eigenvalue weighted by atomic mass is 32.1. The molecular weight excluding hydrogens is 362 g/mol. The maximum Gasteiger partial charge on any atom is 0.221 e. The Balaban J connectivity index is 1.55. The topological polar surface area (TPSA) is 75.2 Å². The summed E-state index contributed by atoms with van der Waals surface area (Å²) < 4.78 is 7.78. The zero-order chi connectivity index (χ0) is 19.2. The van der Waals surface area contributed by atoms with Crippen molar-refractivity contribution in [2.24, 2.45) is 0 Å². The molecule has 1 saturated heterocycles. The molecule has 0 saturated carbocycles. The molecule has 2 heterocycles. The van der Waals surface area contributed by atoms with E-state index in [4.69, 9.17) is 17.0 Å². The molecular formula is C19H27N5O2S. The molecule has 1 atom stereocenters. The Labute approximate surface area is 164 Å². The third-order valence-electron chi connectivity index (χ3n) is 4.86. The number of aromatic nitrogens is 3. The maximum atomic E-state index is 12.3.